The Kier molecular flexibility index (Phi) is 4.80. The van der Waals surface area contributed by atoms with Crippen LogP contribution in [0.3, 0.4) is 0 Å². The highest BCUT2D eigenvalue weighted by Gasteiger charge is 2.24. The lowest BCUT2D eigenvalue weighted by molar-refractivity contribution is 0.590. The van der Waals surface area contributed by atoms with Gasteiger partial charge in [-0.25, -0.2) is 8.42 Å². The Bertz CT molecular complexity index is 1090. The molecule has 0 saturated carbocycles. The lowest BCUT2D eigenvalue weighted by Gasteiger charge is -2.30. The van der Waals surface area contributed by atoms with Crippen LogP contribution in [-0.4, -0.2) is 39.6 Å². The summed E-state index contributed by atoms with van der Waals surface area (Å²) < 4.78 is 26.6. The third-order valence-electron chi connectivity index (χ3n) is 4.89. The van der Waals surface area contributed by atoms with Crippen molar-refractivity contribution < 1.29 is 8.42 Å². The van der Waals surface area contributed by atoms with Crippen molar-refractivity contribution in [3.8, 4) is 0 Å². The van der Waals surface area contributed by atoms with Crippen LogP contribution >= 0.6 is 11.6 Å². The number of piperazine rings is 1. The van der Waals surface area contributed by atoms with Gasteiger partial charge >= 0.3 is 0 Å². The van der Waals surface area contributed by atoms with Gasteiger partial charge in [-0.2, -0.15) is 0 Å². The van der Waals surface area contributed by atoms with Gasteiger partial charge in [-0.15, -0.1) is 0 Å². The molecule has 7 heteroatoms. The normalized spacial score (nSPS) is 15.3. The number of aryl methyl sites for hydroxylation is 1. The fourth-order valence-electron chi connectivity index (χ4n) is 3.53. The van der Waals surface area contributed by atoms with E-state index in [-0.39, 0.29) is 14.8 Å². The second kappa shape index (κ2) is 7.11. The van der Waals surface area contributed by atoms with Crippen molar-refractivity contribution in [3.63, 3.8) is 0 Å². The van der Waals surface area contributed by atoms with Gasteiger partial charge in [0.05, 0.1) is 20.3 Å². The molecule has 0 atom stereocenters. The van der Waals surface area contributed by atoms with Gasteiger partial charge < -0.3 is 10.2 Å². The number of halogens is 1. The second-order valence-corrected chi connectivity index (χ2v) is 8.93. The molecule has 140 valence electrons. The number of nitrogens with zero attached hydrogens (tertiary/aromatic N) is 2. The first-order chi connectivity index (χ1) is 13.0. The minimum Gasteiger partial charge on any atom is -0.368 e. The standard InChI is InChI=1S/C20H20ClN3O2S/c1-14-3-2-4-17(21)20(14)27(25,26)15-5-6-18-16(13-15)19(7-8-23-18)24-11-9-22-10-12-24/h2-8,13,22H,9-12H2,1H3. The molecule has 0 aliphatic carbocycles. The molecule has 0 bridgehead atoms. The van der Waals surface area contributed by atoms with Crippen LogP contribution in [0.1, 0.15) is 5.56 Å². The first kappa shape index (κ1) is 18.2. The fourth-order valence-corrected chi connectivity index (χ4v) is 5.63. The predicted molar refractivity (Wildman–Crippen MR) is 108 cm³/mol. The van der Waals surface area contributed by atoms with Crippen molar-refractivity contribution in [2.75, 3.05) is 31.1 Å². The Balaban J connectivity index is 1.88. The number of hydrogen-bond acceptors (Lipinski definition) is 5. The molecule has 4 rings (SSSR count). The Labute approximate surface area is 163 Å². The maximum absolute atomic E-state index is 13.3. The molecule has 0 unspecified atom stereocenters. The van der Waals surface area contributed by atoms with E-state index < -0.39 is 9.84 Å². The number of aromatic nitrogens is 1. The van der Waals surface area contributed by atoms with Crippen LogP contribution in [0.25, 0.3) is 10.9 Å². The molecule has 5 nitrogen and oxygen atoms in total. The molecule has 3 aromatic rings. The molecule has 1 fully saturated rings. The number of sulfone groups is 1. The Hall–Kier alpha value is -2.15. The van der Waals surface area contributed by atoms with Gasteiger partial charge in [0.2, 0.25) is 9.84 Å². The summed E-state index contributed by atoms with van der Waals surface area (Å²) in [6.45, 7) is 5.31. The SMILES string of the molecule is Cc1cccc(Cl)c1S(=O)(=O)c1ccc2nccc(N3CCNCC3)c2c1. The van der Waals surface area contributed by atoms with Crippen molar-refractivity contribution in [2.24, 2.45) is 0 Å². The maximum Gasteiger partial charge on any atom is 0.208 e. The number of nitrogens with one attached hydrogen (secondary N) is 1. The van der Waals surface area contributed by atoms with Gasteiger partial charge in [0.25, 0.3) is 0 Å². The quantitative estimate of drug-likeness (QED) is 0.728. The molecule has 0 amide bonds. The van der Waals surface area contributed by atoms with E-state index in [0.717, 1.165) is 42.8 Å². The number of benzene rings is 2. The Morgan fingerprint density at radius 2 is 1.89 bits per heavy atom. The van der Waals surface area contributed by atoms with Crippen LogP contribution in [0, 0.1) is 6.92 Å². The van der Waals surface area contributed by atoms with E-state index >= 15 is 0 Å². The van der Waals surface area contributed by atoms with Crippen molar-refractivity contribution >= 4 is 38.0 Å². The highest BCUT2D eigenvalue weighted by Crippen LogP contribution is 2.33. The van der Waals surface area contributed by atoms with E-state index in [1.54, 1.807) is 49.5 Å². The van der Waals surface area contributed by atoms with E-state index in [1.807, 2.05) is 6.07 Å². The van der Waals surface area contributed by atoms with Crippen molar-refractivity contribution in [2.45, 2.75) is 16.7 Å². The van der Waals surface area contributed by atoms with E-state index in [1.165, 1.54) is 0 Å². The van der Waals surface area contributed by atoms with Gasteiger partial charge in [-0.3, -0.25) is 4.98 Å². The highest BCUT2D eigenvalue weighted by atomic mass is 35.5. The molecule has 1 aliphatic heterocycles. The molecule has 1 N–H and O–H groups in total. The van der Waals surface area contributed by atoms with Crippen LogP contribution in [0.4, 0.5) is 5.69 Å². The van der Waals surface area contributed by atoms with Gasteiger partial charge in [-0.05, 0) is 42.8 Å². The highest BCUT2D eigenvalue weighted by molar-refractivity contribution is 7.91. The first-order valence-electron chi connectivity index (χ1n) is 8.83. The lowest BCUT2D eigenvalue weighted by atomic mass is 10.1. The number of hydrogen-bond donors (Lipinski definition) is 1. The zero-order valence-corrected chi connectivity index (χ0v) is 16.5. The summed E-state index contributed by atoms with van der Waals surface area (Å²) >= 11 is 6.23. The van der Waals surface area contributed by atoms with Gasteiger partial charge in [-0.1, -0.05) is 23.7 Å². The van der Waals surface area contributed by atoms with E-state index in [2.05, 4.69) is 15.2 Å². The predicted octanol–water partition coefficient (Wildman–Crippen LogP) is 3.44. The average molecular weight is 402 g/mol. The second-order valence-electron chi connectivity index (χ2n) is 6.64. The molecular formula is C20H20ClN3O2S. The molecule has 1 aromatic heterocycles. The van der Waals surface area contributed by atoms with Crippen LogP contribution in [0.5, 0.6) is 0 Å². The summed E-state index contributed by atoms with van der Waals surface area (Å²) in [6, 6.07) is 12.2. The van der Waals surface area contributed by atoms with Crippen molar-refractivity contribution in [1.29, 1.82) is 0 Å². The first-order valence-corrected chi connectivity index (χ1v) is 10.7. The minimum absolute atomic E-state index is 0.165. The minimum atomic E-state index is -3.73. The average Bonchev–Trinajstić information content (AvgIpc) is 2.67. The number of rotatable bonds is 3. The van der Waals surface area contributed by atoms with Crippen LogP contribution in [0.15, 0.2) is 58.5 Å². The molecule has 2 heterocycles. The molecule has 1 aliphatic rings. The summed E-state index contributed by atoms with van der Waals surface area (Å²) in [6.07, 6.45) is 1.77. The summed E-state index contributed by atoms with van der Waals surface area (Å²) in [4.78, 5) is 7.06. The smallest absolute Gasteiger partial charge is 0.208 e. The van der Waals surface area contributed by atoms with Crippen LogP contribution in [0.2, 0.25) is 5.02 Å². The topological polar surface area (TPSA) is 62.3 Å². The fraction of sp³-hybridized carbons (Fsp3) is 0.250. The summed E-state index contributed by atoms with van der Waals surface area (Å²) in [5.74, 6) is 0. The van der Waals surface area contributed by atoms with Crippen LogP contribution < -0.4 is 10.2 Å². The summed E-state index contributed by atoms with van der Waals surface area (Å²) in [5, 5.41) is 4.41. The zero-order valence-electron chi connectivity index (χ0n) is 14.9. The van der Waals surface area contributed by atoms with Gasteiger partial charge in [0.15, 0.2) is 0 Å². The third-order valence-corrected chi connectivity index (χ3v) is 7.27. The van der Waals surface area contributed by atoms with Gasteiger partial charge in [0.1, 0.15) is 0 Å². The molecule has 27 heavy (non-hydrogen) atoms. The lowest BCUT2D eigenvalue weighted by Crippen LogP contribution is -2.43. The Morgan fingerprint density at radius 3 is 2.63 bits per heavy atom. The van der Waals surface area contributed by atoms with Gasteiger partial charge in [0, 0.05) is 43.4 Å². The van der Waals surface area contributed by atoms with Crippen molar-refractivity contribution in [3.05, 3.63) is 59.2 Å². The molecule has 0 radical (unpaired) electrons. The van der Waals surface area contributed by atoms with Crippen LogP contribution in [-0.2, 0) is 9.84 Å². The van der Waals surface area contributed by atoms with E-state index in [4.69, 9.17) is 11.6 Å². The number of fused-ring (bicyclic) bond motifs is 1. The summed E-state index contributed by atoms with van der Waals surface area (Å²) in [7, 11) is -3.73. The van der Waals surface area contributed by atoms with E-state index in [9.17, 15) is 8.42 Å². The zero-order chi connectivity index (χ0) is 19.0. The monoisotopic (exact) mass is 401 g/mol. The number of pyridine rings is 1. The largest absolute Gasteiger partial charge is 0.368 e. The number of anilines is 1. The molecule has 1 saturated heterocycles. The Morgan fingerprint density at radius 1 is 1.11 bits per heavy atom. The van der Waals surface area contributed by atoms with E-state index in [0.29, 0.717) is 5.56 Å². The third kappa shape index (κ3) is 3.29. The summed E-state index contributed by atoms with van der Waals surface area (Å²) in [5.41, 5.74) is 2.42. The van der Waals surface area contributed by atoms with Crippen molar-refractivity contribution in [1.82, 2.24) is 10.3 Å². The molecule has 0 spiro atoms. The molecular weight excluding hydrogens is 382 g/mol. The maximum atomic E-state index is 13.3. The molecule has 2 aromatic carbocycles.